The second-order valence-corrected chi connectivity index (χ2v) is 4.45. The van der Waals surface area contributed by atoms with Crippen molar-refractivity contribution in [2.75, 3.05) is 16.8 Å². The second-order valence-electron chi connectivity index (χ2n) is 4.45. The van der Waals surface area contributed by atoms with Gasteiger partial charge in [0.15, 0.2) is 0 Å². The van der Waals surface area contributed by atoms with Gasteiger partial charge in [0.05, 0.1) is 11.4 Å². The van der Waals surface area contributed by atoms with E-state index in [1.54, 1.807) is 6.07 Å². The van der Waals surface area contributed by atoms with Crippen LogP contribution in [-0.2, 0) is 4.79 Å². The van der Waals surface area contributed by atoms with Crippen molar-refractivity contribution in [1.82, 2.24) is 0 Å². The normalized spacial score (nSPS) is 14.6. The summed E-state index contributed by atoms with van der Waals surface area (Å²) >= 11 is 0. The number of carbonyl (C=O) groups is 1. The van der Waals surface area contributed by atoms with E-state index in [4.69, 9.17) is 0 Å². The number of hydrogen-bond acceptors (Lipinski definition) is 2. The molecule has 3 rings (SSSR count). The molecule has 1 aliphatic heterocycles. The molecule has 0 aliphatic carbocycles. The van der Waals surface area contributed by atoms with Gasteiger partial charge in [-0.1, -0.05) is 18.2 Å². The second kappa shape index (κ2) is 4.72. The Hall–Kier alpha value is -2.36. The van der Waals surface area contributed by atoms with Crippen LogP contribution in [0.5, 0.6) is 0 Å². The van der Waals surface area contributed by atoms with Gasteiger partial charge in [0, 0.05) is 18.7 Å². The molecule has 1 N–H and O–H groups in total. The monoisotopic (exact) mass is 256 g/mol. The van der Waals surface area contributed by atoms with Gasteiger partial charge in [-0.15, -0.1) is 0 Å². The van der Waals surface area contributed by atoms with E-state index in [0.29, 0.717) is 18.7 Å². The molecule has 19 heavy (non-hydrogen) atoms. The van der Waals surface area contributed by atoms with Crippen LogP contribution in [0.2, 0.25) is 0 Å². The number of amides is 1. The first kappa shape index (κ1) is 11.7. The standard InChI is InChI=1S/C15H13FN2O/c16-11-6-7-14-13(10-11)17-15(19)8-9-18(14)12-4-2-1-3-5-12/h1-7,10H,8-9H2,(H,17,19). The first-order valence-electron chi connectivity index (χ1n) is 6.16. The van der Waals surface area contributed by atoms with E-state index in [2.05, 4.69) is 5.32 Å². The number of rotatable bonds is 1. The molecule has 4 heteroatoms. The molecule has 0 atom stereocenters. The number of nitrogens with one attached hydrogen (secondary N) is 1. The number of hydrogen-bond donors (Lipinski definition) is 1. The highest BCUT2D eigenvalue weighted by atomic mass is 19.1. The van der Waals surface area contributed by atoms with Gasteiger partial charge >= 0.3 is 0 Å². The molecule has 96 valence electrons. The summed E-state index contributed by atoms with van der Waals surface area (Å²) in [5.41, 5.74) is 2.33. The van der Waals surface area contributed by atoms with E-state index in [1.165, 1.54) is 12.1 Å². The van der Waals surface area contributed by atoms with Gasteiger partial charge in [0.25, 0.3) is 0 Å². The van der Waals surface area contributed by atoms with Crippen molar-refractivity contribution in [2.24, 2.45) is 0 Å². The maximum Gasteiger partial charge on any atom is 0.226 e. The summed E-state index contributed by atoms with van der Waals surface area (Å²) < 4.78 is 13.3. The molecule has 0 radical (unpaired) electrons. The van der Waals surface area contributed by atoms with E-state index in [9.17, 15) is 9.18 Å². The molecule has 0 unspecified atom stereocenters. The lowest BCUT2D eigenvalue weighted by atomic mass is 10.2. The lowest BCUT2D eigenvalue weighted by molar-refractivity contribution is -0.115. The molecule has 1 aliphatic rings. The Kier molecular flexibility index (Phi) is 2.91. The summed E-state index contributed by atoms with van der Waals surface area (Å²) in [6, 6.07) is 14.2. The van der Waals surface area contributed by atoms with Crippen molar-refractivity contribution in [1.29, 1.82) is 0 Å². The molecular weight excluding hydrogens is 243 g/mol. The van der Waals surface area contributed by atoms with Crippen molar-refractivity contribution >= 4 is 23.0 Å². The molecule has 0 fully saturated rings. The summed E-state index contributed by atoms with van der Waals surface area (Å²) in [4.78, 5) is 13.7. The highest BCUT2D eigenvalue weighted by molar-refractivity contribution is 5.97. The molecule has 1 heterocycles. The Labute approximate surface area is 110 Å². The number of carbonyl (C=O) groups excluding carboxylic acids is 1. The number of para-hydroxylation sites is 1. The van der Waals surface area contributed by atoms with Crippen molar-refractivity contribution < 1.29 is 9.18 Å². The van der Waals surface area contributed by atoms with Gasteiger partial charge in [-0.3, -0.25) is 4.79 Å². The van der Waals surface area contributed by atoms with Gasteiger partial charge < -0.3 is 10.2 Å². The molecule has 2 aromatic carbocycles. The van der Waals surface area contributed by atoms with E-state index in [-0.39, 0.29) is 11.7 Å². The lowest BCUT2D eigenvalue weighted by Gasteiger charge is -2.24. The minimum Gasteiger partial charge on any atom is -0.339 e. The largest absolute Gasteiger partial charge is 0.339 e. The molecule has 0 saturated heterocycles. The molecule has 3 nitrogen and oxygen atoms in total. The molecule has 2 aromatic rings. The zero-order valence-electron chi connectivity index (χ0n) is 10.3. The molecule has 0 aromatic heterocycles. The van der Waals surface area contributed by atoms with E-state index >= 15 is 0 Å². The van der Waals surface area contributed by atoms with Crippen LogP contribution in [-0.4, -0.2) is 12.5 Å². The number of anilines is 3. The molecular formula is C15H13FN2O. The minimum atomic E-state index is -0.353. The van der Waals surface area contributed by atoms with E-state index in [1.807, 2.05) is 35.2 Å². The molecule has 1 amide bonds. The van der Waals surface area contributed by atoms with Crippen LogP contribution in [0, 0.1) is 5.82 Å². The van der Waals surface area contributed by atoms with Gasteiger partial charge in [-0.2, -0.15) is 0 Å². The summed E-state index contributed by atoms with van der Waals surface area (Å²) in [5.74, 6) is -0.445. The predicted molar refractivity (Wildman–Crippen MR) is 73.1 cm³/mol. The SMILES string of the molecule is O=C1CCN(c2ccccc2)c2ccc(F)cc2N1. The van der Waals surface area contributed by atoms with Gasteiger partial charge in [0.2, 0.25) is 5.91 Å². The Balaban J connectivity index is 2.10. The summed E-state index contributed by atoms with van der Waals surface area (Å²) in [6.45, 7) is 0.578. The predicted octanol–water partition coefficient (Wildman–Crippen LogP) is 3.31. The fraction of sp³-hybridized carbons (Fsp3) is 0.133. The average Bonchev–Trinajstić information content (AvgIpc) is 2.57. The Bertz CT molecular complexity index is 613. The van der Waals surface area contributed by atoms with Crippen molar-refractivity contribution in [3.8, 4) is 0 Å². The highest BCUT2D eigenvalue weighted by Crippen LogP contribution is 2.34. The topological polar surface area (TPSA) is 32.3 Å². The first-order valence-corrected chi connectivity index (χ1v) is 6.16. The van der Waals surface area contributed by atoms with Crippen molar-refractivity contribution in [3.05, 3.63) is 54.3 Å². The zero-order valence-corrected chi connectivity index (χ0v) is 10.3. The fourth-order valence-corrected chi connectivity index (χ4v) is 2.27. The number of nitrogens with zero attached hydrogens (tertiary/aromatic N) is 1. The van der Waals surface area contributed by atoms with Gasteiger partial charge in [-0.25, -0.2) is 4.39 Å². The quantitative estimate of drug-likeness (QED) is 0.849. The summed E-state index contributed by atoms with van der Waals surface area (Å²) in [5, 5.41) is 2.74. The molecule has 0 spiro atoms. The molecule has 0 saturated carbocycles. The van der Waals surface area contributed by atoms with Gasteiger partial charge in [0.1, 0.15) is 5.82 Å². The highest BCUT2D eigenvalue weighted by Gasteiger charge is 2.20. The Morgan fingerprint density at radius 1 is 1.11 bits per heavy atom. The third-order valence-electron chi connectivity index (χ3n) is 3.15. The van der Waals surface area contributed by atoms with Crippen LogP contribution < -0.4 is 10.2 Å². The number of halogens is 1. The van der Waals surface area contributed by atoms with Crippen LogP contribution in [0.15, 0.2) is 48.5 Å². The van der Waals surface area contributed by atoms with Crippen molar-refractivity contribution in [2.45, 2.75) is 6.42 Å². The minimum absolute atomic E-state index is 0.0923. The zero-order chi connectivity index (χ0) is 13.2. The smallest absolute Gasteiger partial charge is 0.226 e. The number of fused-ring (bicyclic) bond motifs is 1. The van der Waals surface area contributed by atoms with Crippen molar-refractivity contribution in [3.63, 3.8) is 0 Å². The van der Waals surface area contributed by atoms with Crippen LogP contribution in [0.25, 0.3) is 0 Å². The van der Waals surface area contributed by atoms with Crippen LogP contribution >= 0.6 is 0 Å². The first-order chi connectivity index (χ1) is 9.24. The van der Waals surface area contributed by atoms with E-state index < -0.39 is 0 Å². The fourth-order valence-electron chi connectivity index (χ4n) is 2.27. The van der Waals surface area contributed by atoms with Crippen LogP contribution in [0.1, 0.15) is 6.42 Å². The summed E-state index contributed by atoms with van der Waals surface area (Å²) in [7, 11) is 0. The van der Waals surface area contributed by atoms with Crippen LogP contribution in [0.4, 0.5) is 21.5 Å². The Morgan fingerprint density at radius 2 is 1.89 bits per heavy atom. The van der Waals surface area contributed by atoms with E-state index in [0.717, 1.165) is 11.4 Å². The number of benzene rings is 2. The third-order valence-corrected chi connectivity index (χ3v) is 3.15. The average molecular weight is 256 g/mol. The molecule has 0 bridgehead atoms. The third kappa shape index (κ3) is 2.29. The maximum absolute atomic E-state index is 13.3. The summed E-state index contributed by atoms with van der Waals surface area (Å²) in [6.07, 6.45) is 0.380. The Morgan fingerprint density at radius 3 is 2.68 bits per heavy atom. The van der Waals surface area contributed by atoms with Crippen LogP contribution in [0.3, 0.4) is 0 Å². The van der Waals surface area contributed by atoms with Gasteiger partial charge in [-0.05, 0) is 30.3 Å². The maximum atomic E-state index is 13.3. The lowest BCUT2D eigenvalue weighted by Crippen LogP contribution is -2.18.